The van der Waals surface area contributed by atoms with Crippen molar-refractivity contribution in [3.8, 4) is 5.75 Å². The first kappa shape index (κ1) is 11.4. The Hall–Kier alpha value is -1.06. The minimum Gasteiger partial charge on any atom is -0.496 e. The van der Waals surface area contributed by atoms with Gasteiger partial charge in [0.1, 0.15) is 5.75 Å². The smallest absolute Gasteiger partial charge is 0.122 e. The molecule has 16 heavy (non-hydrogen) atoms. The number of hydrogen-bond acceptors (Lipinski definition) is 3. The van der Waals surface area contributed by atoms with Crippen LogP contribution in [0.4, 0.5) is 0 Å². The summed E-state index contributed by atoms with van der Waals surface area (Å²) in [4.78, 5) is 0. The van der Waals surface area contributed by atoms with Gasteiger partial charge >= 0.3 is 0 Å². The lowest BCUT2D eigenvalue weighted by Crippen LogP contribution is -2.55. The molecule has 0 aliphatic carbocycles. The van der Waals surface area contributed by atoms with E-state index in [9.17, 15) is 0 Å². The van der Waals surface area contributed by atoms with Crippen LogP contribution in [0.15, 0.2) is 24.3 Å². The van der Waals surface area contributed by atoms with Crippen molar-refractivity contribution in [1.29, 1.82) is 0 Å². The van der Waals surface area contributed by atoms with Gasteiger partial charge in [-0.2, -0.15) is 0 Å². The number of benzene rings is 1. The molecule has 1 aliphatic heterocycles. The topological polar surface area (TPSA) is 33.3 Å². The number of ether oxygens (including phenoxy) is 1. The number of nitrogens with one attached hydrogen (secondary N) is 2. The molecule has 1 aliphatic rings. The van der Waals surface area contributed by atoms with E-state index in [1.165, 1.54) is 5.56 Å². The zero-order chi connectivity index (χ0) is 11.4. The Morgan fingerprint density at radius 3 is 2.75 bits per heavy atom. The molecular formula is C13H20N2O. The summed E-state index contributed by atoms with van der Waals surface area (Å²) in [6, 6.07) is 9.25. The van der Waals surface area contributed by atoms with E-state index >= 15 is 0 Å². The van der Waals surface area contributed by atoms with E-state index in [4.69, 9.17) is 4.74 Å². The first-order valence-corrected chi connectivity index (χ1v) is 5.90. The normalized spacial score (nSPS) is 25.4. The van der Waals surface area contributed by atoms with E-state index in [2.05, 4.69) is 29.7 Å². The van der Waals surface area contributed by atoms with Crippen LogP contribution in [0.5, 0.6) is 5.75 Å². The molecular weight excluding hydrogens is 200 g/mol. The van der Waals surface area contributed by atoms with E-state index < -0.39 is 0 Å². The second-order valence-electron chi connectivity index (χ2n) is 4.32. The van der Waals surface area contributed by atoms with Gasteiger partial charge in [-0.1, -0.05) is 18.2 Å². The molecule has 1 saturated heterocycles. The lowest BCUT2D eigenvalue weighted by Gasteiger charge is -2.31. The van der Waals surface area contributed by atoms with Crippen LogP contribution in [-0.2, 0) is 6.42 Å². The molecule has 3 heteroatoms. The quantitative estimate of drug-likeness (QED) is 0.802. The molecule has 88 valence electrons. The summed E-state index contributed by atoms with van der Waals surface area (Å²) in [6.45, 7) is 4.33. The number of methoxy groups -OCH3 is 1. The molecule has 1 aromatic rings. The summed E-state index contributed by atoms with van der Waals surface area (Å²) in [5.74, 6) is 0.988. The standard InChI is InChI=1S/C13H20N2O/c1-10-12(15-8-7-14-10)9-11-5-3-4-6-13(11)16-2/h3-6,10,12,14-15H,7-9H2,1-2H3. The van der Waals surface area contributed by atoms with Gasteiger partial charge in [0.15, 0.2) is 0 Å². The first-order chi connectivity index (χ1) is 7.81. The van der Waals surface area contributed by atoms with Gasteiger partial charge in [-0.3, -0.25) is 0 Å². The molecule has 0 bridgehead atoms. The van der Waals surface area contributed by atoms with Crippen LogP contribution in [0.3, 0.4) is 0 Å². The van der Waals surface area contributed by atoms with Crippen LogP contribution in [-0.4, -0.2) is 32.3 Å². The highest BCUT2D eigenvalue weighted by Crippen LogP contribution is 2.20. The van der Waals surface area contributed by atoms with Gasteiger partial charge in [-0.25, -0.2) is 0 Å². The Bertz CT molecular complexity index is 340. The Kier molecular flexibility index (Phi) is 3.80. The molecule has 0 radical (unpaired) electrons. The van der Waals surface area contributed by atoms with E-state index in [1.807, 2.05) is 12.1 Å². The summed E-state index contributed by atoms with van der Waals surface area (Å²) in [7, 11) is 1.73. The van der Waals surface area contributed by atoms with Gasteiger partial charge in [-0.15, -0.1) is 0 Å². The fourth-order valence-electron chi connectivity index (χ4n) is 2.23. The zero-order valence-electron chi connectivity index (χ0n) is 9.99. The van der Waals surface area contributed by atoms with Crippen molar-refractivity contribution < 1.29 is 4.74 Å². The molecule has 2 unspecified atom stereocenters. The summed E-state index contributed by atoms with van der Waals surface area (Å²) < 4.78 is 5.37. The molecule has 0 spiro atoms. The van der Waals surface area contributed by atoms with Crippen molar-refractivity contribution in [2.75, 3.05) is 20.2 Å². The van der Waals surface area contributed by atoms with E-state index in [0.717, 1.165) is 25.3 Å². The molecule has 1 heterocycles. The fourth-order valence-corrected chi connectivity index (χ4v) is 2.23. The van der Waals surface area contributed by atoms with Gasteiger partial charge in [0.25, 0.3) is 0 Å². The van der Waals surface area contributed by atoms with Crippen molar-refractivity contribution in [3.63, 3.8) is 0 Å². The summed E-state index contributed by atoms with van der Waals surface area (Å²) >= 11 is 0. The van der Waals surface area contributed by atoms with E-state index in [1.54, 1.807) is 7.11 Å². The van der Waals surface area contributed by atoms with Crippen molar-refractivity contribution in [1.82, 2.24) is 10.6 Å². The van der Waals surface area contributed by atoms with Crippen molar-refractivity contribution >= 4 is 0 Å². The second-order valence-corrected chi connectivity index (χ2v) is 4.32. The van der Waals surface area contributed by atoms with Gasteiger partial charge in [-0.05, 0) is 25.0 Å². The van der Waals surface area contributed by atoms with Crippen LogP contribution in [0.1, 0.15) is 12.5 Å². The Morgan fingerprint density at radius 1 is 1.25 bits per heavy atom. The molecule has 0 saturated carbocycles. The highest BCUT2D eigenvalue weighted by atomic mass is 16.5. The molecule has 2 N–H and O–H groups in total. The maximum Gasteiger partial charge on any atom is 0.122 e. The Balaban J connectivity index is 2.07. The SMILES string of the molecule is COc1ccccc1CC1NCCNC1C. The average molecular weight is 220 g/mol. The van der Waals surface area contributed by atoms with Gasteiger partial charge < -0.3 is 15.4 Å². The first-order valence-electron chi connectivity index (χ1n) is 5.90. The van der Waals surface area contributed by atoms with Crippen LogP contribution in [0, 0.1) is 0 Å². The summed E-state index contributed by atoms with van der Waals surface area (Å²) in [5, 5.41) is 7.04. The Labute approximate surface area is 97.2 Å². The molecule has 0 aromatic heterocycles. The number of rotatable bonds is 3. The third-order valence-corrected chi connectivity index (χ3v) is 3.23. The van der Waals surface area contributed by atoms with E-state index in [-0.39, 0.29) is 0 Å². The van der Waals surface area contributed by atoms with Crippen LogP contribution < -0.4 is 15.4 Å². The zero-order valence-corrected chi connectivity index (χ0v) is 9.99. The minimum atomic E-state index is 0.491. The predicted molar refractivity (Wildman–Crippen MR) is 66.0 cm³/mol. The second kappa shape index (κ2) is 5.32. The third kappa shape index (κ3) is 2.54. The largest absolute Gasteiger partial charge is 0.496 e. The monoisotopic (exact) mass is 220 g/mol. The van der Waals surface area contributed by atoms with E-state index in [0.29, 0.717) is 12.1 Å². The number of piperazine rings is 1. The molecule has 3 nitrogen and oxygen atoms in total. The number of hydrogen-bond donors (Lipinski definition) is 2. The average Bonchev–Trinajstić information content (AvgIpc) is 2.33. The number of para-hydroxylation sites is 1. The summed E-state index contributed by atoms with van der Waals surface area (Å²) in [6.07, 6.45) is 1.01. The lowest BCUT2D eigenvalue weighted by molar-refractivity contribution is 0.332. The van der Waals surface area contributed by atoms with Crippen LogP contribution in [0.25, 0.3) is 0 Å². The third-order valence-electron chi connectivity index (χ3n) is 3.23. The maximum atomic E-state index is 5.37. The minimum absolute atomic E-state index is 0.491. The van der Waals surface area contributed by atoms with Gasteiger partial charge in [0.05, 0.1) is 7.11 Å². The van der Waals surface area contributed by atoms with Crippen LogP contribution in [0.2, 0.25) is 0 Å². The highest BCUT2D eigenvalue weighted by Gasteiger charge is 2.21. The summed E-state index contributed by atoms with van der Waals surface area (Å²) in [5.41, 5.74) is 1.28. The highest BCUT2D eigenvalue weighted by molar-refractivity contribution is 5.34. The maximum absolute atomic E-state index is 5.37. The molecule has 0 amide bonds. The van der Waals surface area contributed by atoms with Crippen LogP contribution >= 0.6 is 0 Å². The van der Waals surface area contributed by atoms with Crippen molar-refractivity contribution in [2.24, 2.45) is 0 Å². The Morgan fingerprint density at radius 2 is 2.00 bits per heavy atom. The van der Waals surface area contributed by atoms with Gasteiger partial charge in [0.2, 0.25) is 0 Å². The predicted octanol–water partition coefficient (Wildman–Crippen LogP) is 1.19. The van der Waals surface area contributed by atoms with Gasteiger partial charge in [0, 0.05) is 25.2 Å². The molecule has 1 aromatic carbocycles. The fraction of sp³-hybridized carbons (Fsp3) is 0.538. The molecule has 1 fully saturated rings. The lowest BCUT2D eigenvalue weighted by atomic mass is 9.98. The molecule has 2 atom stereocenters. The van der Waals surface area contributed by atoms with Crippen molar-refractivity contribution in [3.05, 3.63) is 29.8 Å². The van der Waals surface area contributed by atoms with Crippen molar-refractivity contribution in [2.45, 2.75) is 25.4 Å². The molecule has 2 rings (SSSR count).